The van der Waals surface area contributed by atoms with Gasteiger partial charge in [0.05, 0.1) is 0 Å². The molecule has 0 unspecified atom stereocenters. The van der Waals surface area contributed by atoms with Gasteiger partial charge in [-0.2, -0.15) is 0 Å². The summed E-state index contributed by atoms with van der Waals surface area (Å²) in [7, 11) is 0. The maximum absolute atomic E-state index is 12.2. The Morgan fingerprint density at radius 1 is 0.900 bits per heavy atom. The van der Waals surface area contributed by atoms with E-state index in [0.29, 0.717) is 23.8 Å². The summed E-state index contributed by atoms with van der Waals surface area (Å²) in [4.78, 5) is 37.9. The fourth-order valence-electron chi connectivity index (χ4n) is 3.57. The molecule has 1 aliphatic rings. The van der Waals surface area contributed by atoms with E-state index >= 15 is 0 Å². The van der Waals surface area contributed by atoms with Crippen molar-refractivity contribution in [2.75, 3.05) is 30.3 Å². The maximum atomic E-state index is 12.2. The minimum absolute atomic E-state index is 0.203. The van der Waals surface area contributed by atoms with Crippen LogP contribution in [0.2, 0.25) is 0 Å². The Hall–Kier alpha value is -3.19. The van der Waals surface area contributed by atoms with Gasteiger partial charge in [-0.3, -0.25) is 19.3 Å². The van der Waals surface area contributed by atoms with Gasteiger partial charge in [0.15, 0.2) is 0 Å². The average molecular weight is 409 g/mol. The Balaban J connectivity index is 1.39. The number of rotatable bonds is 6. The molecule has 1 saturated heterocycles. The zero-order chi connectivity index (χ0) is 21.3. The number of hydrogen-bond acceptors (Lipinski definition) is 4. The van der Waals surface area contributed by atoms with Crippen molar-refractivity contribution in [3.8, 4) is 0 Å². The molecule has 0 radical (unpaired) electrons. The highest BCUT2D eigenvalue weighted by Gasteiger charge is 2.21. The van der Waals surface area contributed by atoms with Crippen LogP contribution < -0.4 is 16.0 Å². The van der Waals surface area contributed by atoms with Crippen molar-refractivity contribution in [1.29, 1.82) is 0 Å². The minimum atomic E-state index is -0.712. The first kappa shape index (κ1) is 21.5. The molecule has 30 heavy (non-hydrogen) atoms. The molecular weight excluding hydrogens is 380 g/mol. The molecule has 1 aliphatic heterocycles. The van der Waals surface area contributed by atoms with E-state index in [0.717, 1.165) is 32.5 Å². The lowest BCUT2D eigenvalue weighted by Crippen LogP contribution is -2.41. The molecule has 0 bridgehead atoms. The molecule has 7 heteroatoms. The van der Waals surface area contributed by atoms with E-state index in [2.05, 4.69) is 45.1 Å². The van der Waals surface area contributed by atoms with Gasteiger partial charge in [-0.1, -0.05) is 36.4 Å². The molecule has 0 atom stereocenters. The van der Waals surface area contributed by atoms with Gasteiger partial charge >= 0.3 is 11.8 Å². The fraction of sp³-hybridized carbons (Fsp3) is 0.348. The van der Waals surface area contributed by atoms with Crippen molar-refractivity contribution >= 4 is 29.1 Å². The first-order valence-corrected chi connectivity index (χ1v) is 10.2. The van der Waals surface area contributed by atoms with Crippen molar-refractivity contribution in [3.63, 3.8) is 0 Å². The standard InChI is InChI=1S/C23H28N4O3/c1-17(28)25-20-8-5-9-21(14-20)26-23(30)22(29)24-15-18-10-12-27(13-11-18)16-19-6-3-2-4-7-19/h2-9,14,18H,10-13,15-16H2,1H3,(H,24,29)(H,25,28)(H,26,30). The third-order valence-electron chi connectivity index (χ3n) is 5.15. The van der Waals surface area contributed by atoms with Gasteiger partial charge in [-0.25, -0.2) is 0 Å². The highest BCUT2D eigenvalue weighted by molar-refractivity contribution is 6.39. The number of nitrogens with one attached hydrogen (secondary N) is 3. The SMILES string of the molecule is CC(=O)Nc1cccc(NC(=O)C(=O)NCC2CCN(Cc3ccccc3)CC2)c1. The first-order valence-electron chi connectivity index (χ1n) is 10.2. The van der Waals surface area contributed by atoms with Crippen LogP contribution >= 0.6 is 0 Å². The summed E-state index contributed by atoms with van der Waals surface area (Å²) in [5.41, 5.74) is 2.32. The molecule has 3 amide bonds. The third kappa shape index (κ3) is 6.70. The van der Waals surface area contributed by atoms with Gasteiger partial charge in [-0.05, 0) is 55.6 Å². The molecule has 0 aliphatic carbocycles. The molecule has 1 fully saturated rings. The normalized spacial score (nSPS) is 14.7. The summed E-state index contributed by atoms with van der Waals surface area (Å²) in [6, 6.07) is 17.1. The van der Waals surface area contributed by atoms with E-state index in [1.54, 1.807) is 24.3 Å². The summed E-state index contributed by atoms with van der Waals surface area (Å²) in [6.45, 7) is 4.82. The third-order valence-corrected chi connectivity index (χ3v) is 5.15. The number of nitrogens with zero attached hydrogens (tertiary/aromatic N) is 1. The summed E-state index contributed by atoms with van der Waals surface area (Å²) in [5, 5.41) is 7.95. The number of amides is 3. The topological polar surface area (TPSA) is 90.5 Å². The van der Waals surface area contributed by atoms with E-state index in [4.69, 9.17) is 0 Å². The summed E-state index contributed by atoms with van der Waals surface area (Å²) in [5.74, 6) is -1.19. The van der Waals surface area contributed by atoms with Gasteiger partial charge in [-0.15, -0.1) is 0 Å². The lowest BCUT2D eigenvalue weighted by molar-refractivity contribution is -0.136. The Bertz CT molecular complexity index is 877. The second-order valence-electron chi connectivity index (χ2n) is 7.63. The van der Waals surface area contributed by atoms with Crippen LogP contribution in [-0.2, 0) is 20.9 Å². The van der Waals surface area contributed by atoms with Crippen LogP contribution in [0.4, 0.5) is 11.4 Å². The van der Waals surface area contributed by atoms with Crippen molar-refractivity contribution in [3.05, 3.63) is 60.2 Å². The van der Waals surface area contributed by atoms with Crippen molar-refractivity contribution < 1.29 is 14.4 Å². The molecule has 158 valence electrons. The number of likely N-dealkylation sites (tertiary alicyclic amines) is 1. The molecule has 1 heterocycles. The monoisotopic (exact) mass is 408 g/mol. The fourth-order valence-corrected chi connectivity index (χ4v) is 3.57. The zero-order valence-electron chi connectivity index (χ0n) is 17.2. The zero-order valence-corrected chi connectivity index (χ0v) is 17.2. The van der Waals surface area contributed by atoms with Crippen LogP contribution in [0.15, 0.2) is 54.6 Å². The van der Waals surface area contributed by atoms with E-state index in [1.807, 2.05) is 6.07 Å². The van der Waals surface area contributed by atoms with Gasteiger partial charge in [0.1, 0.15) is 0 Å². The number of hydrogen-bond donors (Lipinski definition) is 3. The lowest BCUT2D eigenvalue weighted by Gasteiger charge is -2.32. The molecule has 3 rings (SSSR count). The highest BCUT2D eigenvalue weighted by Crippen LogP contribution is 2.18. The van der Waals surface area contributed by atoms with Crippen LogP contribution in [-0.4, -0.2) is 42.3 Å². The second kappa shape index (κ2) is 10.5. The number of piperidine rings is 1. The first-order chi connectivity index (χ1) is 14.5. The average Bonchev–Trinajstić information content (AvgIpc) is 2.73. The van der Waals surface area contributed by atoms with Gasteiger partial charge < -0.3 is 16.0 Å². The van der Waals surface area contributed by atoms with Crippen molar-refractivity contribution in [2.24, 2.45) is 5.92 Å². The molecular formula is C23H28N4O3. The summed E-state index contributed by atoms with van der Waals surface area (Å²) >= 11 is 0. The Morgan fingerprint density at radius 2 is 1.57 bits per heavy atom. The largest absolute Gasteiger partial charge is 0.348 e. The molecule has 2 aromatic rings. The Morgan fingerprint density at radius 3 is 2.23 bits per heavy atom. The van der Waals surface area contributed by atoms with Gasteiger partial charge in [0.25, 0.3) is 0 Å². The van der Waals surface area contributed by atoms with Crippen molar-refractivity contribution in [2.45, 2.75) is 26.3 Å². The van der Waals surface area contributed by atoms with Gasteiger partial charge in [0, 0.05) is 31.4 Å². The number of carbonyl (C=O) groups is 3. The molecule has 2 aromatic carbocycles. The highest BCUT2D eigenvalue weighted by atomic mass is 16.2. The molecule has 3 N–H and O–H groups in total. The van der Waals surface area contributed by atoms with Crippen LogP contribution in [0.1, 0.15) is 25.3 Å². The lowest BCUT2D eigenvalue weighted by atomic mass is 9.96. The van der Waals surface area contributed by atoms with E-state index < -0.39 is 11.8 Å². The van der Waals surface area contributed by atoms with E-state index in [-0.39, 0.29) is 5.91 Å². The van der Waals surface area contributed by atoms with Crippen LogP contribution in [0.5, 0.6) is 0 Å². The van der Waals surface area contributed by atoms with Crippen LogP contribution in [0.25, 0.3) is 0 Å². The van der Waals surface area contributed by atoms with Crippen LogP contribution in [0, 0.1) is 5.92 Å². The summed E-state index contributed by atoms with van der Waals surface area (Å²) < 4.78 is 0. The Kier molecular flexibility index (Phi) is 7.57. The van der Waals surface area contributed by atoms with Gasteiger partial charge in [0.2, 0.25) is 5.91 Å². The number of benzene rings is 2. The minimum Gasteiger partial charge on any atom is -0.348 e. The number of anilines is 2. The van der Waals surface area contributed by atoms with Crippen LogP contribution in [0.3, 0.4) is 0 Å². The maximum Gasteiger partial charge on any atom is 0.313 e. The Labute approximate surface area is 176 Å². The molecule has 0 saturated carbocycles. The van der Waals surface area contributed by atoms with E-state index in [9.17, 15) is 14.4 Å². The molecule has 0 spiro atoms. The van der Waals surface area contributed by atoms with E-state index in [1.165, 1.54) is 12.5 Å². The predicted octanol–water partition coefficient (Wildman–Crippen LogP) is 2.61. The molecule has 7 nitrogen and oxygen atoms in total. The quantitative estimate of drug-likeness (QED) is 0.641. The predicted molar refractivity (Wildman–Crippen MR) is 117 cm³/mol. The summed E-state index contributed by atoms with van der Waals surface area (Å²) in [6.07, 6.45) is 1.99. The smallest absolute Gasteiger partial charge is 0.313 e. The van der Waals surface area contributed by atoms with Crippen molar-refractivity contribution in [1.82, 2.24) is 10.2 Å². The number of carbonyl (C=O) groups excluding carboxylic acids is 3. The molecule has 0 aromatic heterocycles. The second-order valence-corrected chi connectivity index (χ2v) is 7.63.